The normalized spacial score (nSPS) is 11.0. The maximum atomic E-state index is 12.5. The van der Waals surface area contributed by atoms with E-state index in [1.165, 1.54) is 6.07 Å². The number of hydrogen-bond acceptors (Lipinski definition) is 2. The van der Waals surface area contributed by atoms with Crippen LogP contribution in [0.2, 0.25) is 0 Å². The predicted molar refractivity (Wildman–Crippen MR) is 57.4 cm³/mol. The van der Waals surface area contributed by atoms with Gasteiger partial charge in [-0.2, -0.15) is 0 Å². The van der Waals surface area contributed by atoms with Crippen LogP contribution in [0.4, 0.5) is 8.78 Å². The van der Waals surface area contributed by atoms with E-state index in [0.717, 1.165) is 0 Å². The summed E-state index contributed by atoms with van der Waals surface area (Å²) in [7, 11) is 0. The van der Waals surface area contributed by atoms with Gasteiger partial charge < -0.3 is 5.11 Å². The Morgan fingerprint density at radius 2 is 2.21 bits per heavy atom. The highest BCUT2D eigenvalue weighted by molar-refractivity contribution is 14.1. The van der Waals surface area contributed by atoms with Crippen LogP contribution in [0.3, 0.4) is 0 Å². The molecule has 0 radical (unpaired) electrons. The third-order valence-corrected chi connectivity index (χ3v) is 3.15. The fourth-order valence-corrected chi connectivity index (χ4v) is 1.82. The minimum atomic E-state index is -2.57. The maximum Gasteiger partial charge on any atom is 0.265 e. The highest BCUT2D eigenvalue weighted by atomic mass is 127. The molecule has 14 heavy (non-hydrogen) atoms. The number of nitrogens with zero attached hydrogens (tertiary/aromatic N) is 1. The van der Waals surface area contributed by atoms with Crippen molar-refractivity contribution >= 4 is 34.2 Å². The third kappa shape index (κ3) is 2.52. The lowest BCUT2D eigenvalue weighted by Crippen LogP contribution is -2.03. The first-order chi connectivity index (χ1) is 6.60. The van der Waals surface area contributed by atoms with Crippen LogP contribution in [0, 0.1) is 3.57 Å². The first-order valence-corrected chi connectivity index (χ1v) is 5.34. The van der Waals surface area contributed by atoms with Crippen molar-refractivity contribution < 1.29 is 13.9 Å². The zero-order chi connectivity index (χ0) is 10.7. The topological polar surface area (TPSA) is 33.1 Å². The van der Waals surface area contributed by atoms with Gasteiger partial charge in [-0.05, 0) is 28.7 Å². The molecule has 0 fully saturated rings. The number of alkyl halides is 3. The van der Waals surface area contributed by atoms with E-state index >= 15 is 0 Å². The van der Waals surface area contributed by atoms with E-state index in [-0.39, 0.29) is 23.7 Å². The minimum absolute atomic E-state index is 0.0592. The van der Waals surface area contributed by atoms with E-state index in [2.05, 4.69) is 4.98 Å². The second kappa shape index (κ2) is 5.18. The maximum absolute atomic E-state index is 12.5. The number of aliphatic hydroxyl groups is 1. The zero-order valence-electron chi connectivity index (χ0n) is 6.98. The van der Waals surface area contributed by atoms with Crippen LogP contribution in [-0.4, -0.2) is 10.1 Å². The van der Waals surface area contributed by atoms with Crippen LogP contribution in [0.5, 0.6) is 0 Å². The smallest absolute Gasteiger partial charge is 0.265 e. The number of aromatic nitrogens is 1. The summed E-state index contributed by atoms with van der Waals surface area (Å²) in [5.41, 5.74) is 0.478. The molecule has 1 heterocycles. The summed E-state index contributed by atoms with van der Waals surface area (Å²) in [4.78, 5) is 3.93. The average Bonchev–Trinajstić information content (AvgIpc) is 2.17. The van der Waals surface area contributed by atoms with E-state index in [0.29, 0.717) is 9.26 Å². The van der Waals surface area contributed by atoms with E-state index in [1.807, 2.05) is 0 Å². The molecule has 0 atom stereocenters. The molecule has 0 saturated heterocycles. The summed E-state index contributed by atoms with van der Waals surface area (Å²) in [6.45, 7) is -0.358. The van der Waals surface area contributed by atoms with E-state index in [1.54, 1.807) is 22.6 Å². The summed E-state index contributed by atoms with van der Waals surface area (Å²) in [6, 6.07) is 1.26. The Hall–Kier alpha value is -0.0100. The second-order valence-corrected chi connectivity index (χ2v) is 3.90. The Bertz CT molecular complexity index is 335. The molecule has 0 amide bonds. The lowest BCUT2D eigenvalue weighted by atomic mass is 10.2. The van der Waals surface area contributed by atoms with Crippen LogP contribution in [0.15, 0.2) is 6.07 Å². The van der Waals surface area contributed by atoms with Gasteiger partial charge in [0.15, 0.2) is 0 Å². The molecule has 0 aliphatic rings. The molecule has 0 aliphatic heterocycles. The van der Waals surface area contributed by atoms with Gasteiger partial charge in [0.25, 0.3) is 6.43 Å². The molecule has 0 aliphatic carbocycles. The van der Waals surface area contributed by atoms with Gasteiger partial charge in [-0.25, -0.2) is 8.78 Å². The number of rotatable bonds is 3. The predicted octanol–water partition coefficient (Wildman–Crippen LogP) is 2.85. The first-order valence-electron chi connectivity index (χ1n) is 3.73. The molecule has 0 saturated carbocycles. The summed E-state index contributed by atoms with van der Waals surface area (Å²) in [6.07, 6.45) is -2.57. The van der Waals surface area contributed by atoms with Crippen LogP contribution in [0.25, 0.3) is 0 Å². The molecule has 2 nitrogen and oxygen atoms in total. The molecular formula is C8H7ClF2INO. The molecular weight excluding hydrogens is 326 g/mol. The summed E-state index contributed by atoms with van der Waals surface area (Å²) in [5.74, 6) is 0.0592. The molecule has 78 valence electrons. The average molecular weight is 334 g/mol. The number of aliphatic hydroxyl groups excluding tert-OH is 1. The van der Waals surface area contributed by atoms with Gasteiger partial charge in [0, 0.05) is 9.13 Å². The number of pyridine rings is 1. The highest BCUT2D eigenvalue weighted by Crippen LogP contribution is 2.27. The lowest BCUT2D eigenvalue weighted by molar-refractivity contribution is 0.149. The van der Waals surface area contributed by atoms with Crippen molar-refractivity contribution in [2.24, 2.45) is 0 Å². The third-order valence-electron chi connectivity index (χ3n) is 1.63. The Kier molecular flexibility index (Phi) is 4.46. The molecule has 0 spiro atoms. The van der Waals surface area contributed by atoms with Crippen molar-refractivity contribution in [2.75, 3.05) is 0 Å². The molecule has 1 N–H and O–H groups in total. The van der Waals surface area contributed by atoms with Crippen molar-refractivity contribution in [2.45, 2.75) is 18.9 Å². The van der Waals surface area contributed by atoms with Crippen molar-refractivity contribution in [3.8, 4) is 0 Å². The van der Waals surface area contributed by atoms with Gasteiger partial charge in [0.05, 0.1) is 23.9 Å². The highest BCUT2D eigenvalue weighted by Gasteiger charge is 2.16. The van der Waals surface area contributed by atoms with Gasteiger partial charge in [-0.3, -0.25) is 4.98 Å². The summed E-state index contributed by atoms with van der Waals surface area (Å²) >= 11 is 7.24. The Morgan fingerprint density at radius 1 is 1.57 bits per heavy atom. The zero-order valence-corrected chi connectivity index (χ0v) is 9.89. The number of halogens is 4. The fraction of sp³-hybridized carbons (Fsp3) is 0.375. The quantitative estimate of drug-likeness (QED) is 0.681. The Labute approximate surface area is 98.4 Å². The van der Waals surface area contributed by atoms with Gasteiger partial charge in [-0.1, -0.05) is 0 Å². The Balaban J connectivity index is 3.27. The van der Waals surface area contributed by atoms with Gasteiger partial charge >= 0.3 is 0 Å². The number of hydrogen-bond donors (Lipinski definition) is 1. The van der Waals surface area contributed by atoms with E-state index in [9.17, 15) is 8.78 Å². The van der Waals surface area contributed by atoms with E-state index in [4.69, 9.17) is 16.7 Å². The molecule has 0 bridgehead atoms. The standard InChI is InChI=1S/C8H7ClF2INO/c9-2-4-1-5(8(10)11)7(12)6(3-14)13-4/h1,8,14H,2-3H2. The van der Waals surface area contributed by atoms with Crippen LogP contribution in [0.1, 0.15) is 23.4 Å². The van der Waals surface area contributed by atoms with Gasteiger partial charge in [0.1, 0.15) is 0 Å². The van der Waals surface area contributed by atoms with Crippen LogP contribution >= 0.6 is 34.2 Å². The fourth-order valence-electron chi connectivity index (χ4n) is 0.996. The molecule has 1 aromatic heterocycles. The van der Waals surface area contributed by atoms with Gasteiger partial charge in [0.2, 0.25) is 0 Å². The van der Waals surface area contributed by atoms with Crippen molar-refractivity contribution in [1.29, 1.82) is 0 Å². The van der Waals surface area contributed by atoms with Crippen molar-refractivity contribution in [1.82, 2.24) is 4.98 Å². The van der Waals surface area contributed by atoms with Gasteiger partial charge in [-0.15, -0.1) is 11.6 Å². The molecule has 1 rings (SSSR count). The molecule has 0 aromatic carbocycles. The minimum Gasteiger partial charge on any atom is -0.390 e. The van der Waals surface area contributed by atoms with Crippen LogP contribution in [-0.2, 0) is 12.5 Å². The monoisotopic (exact) mass is 333 g/mol. The first kappa shape index (κ1) is 12.1. The molecule has 6 heteroatoms. The second-order valence-electron chi connectivity index (χ2n) is 2.56. The molecule has 1 aromatic rings. The van der Waals surface area contributed by atoms with Crippen molar-refractivity contribution in [3.05, 3.63) is 26.6 Å². The summed E-state index contributed by atoms with van der Waals surface area (Å²) in [5, 5.41) is 8.89. The summed E-state index contributed by atoms with van der Waals surface area (Å²) < 4.78 is 25.3. The lowest BCUT2D eigenvalue weighted by Gasteiger charge is -2.08. The Morgan fingerprint density at radius 3 is 2.64 bits per heavy atom. The van der Waals surface area contributed by atoms with Crippen molar-refractivity contribution in [3.63, 3.8) is 0 Å². The SMILES string of the molecule is OCc1nc(CCl)cc(C(F)F)c1I. The largest absolute Gasteiger partial charge is 0.390 e. The van der Waals surface area contributed by atoms with Crippen LogP contribution < -0.4 is 0 Å². The molecule has 0 unspecified atom stereocenters. The van der Waals surface area contributed by atoms with E-state index < -0.39 is 6.43 Å².